The van der Waals surface area contributed by atoms with Crippen molar-refractivity contribution < 1.29 is 29.0 Å². The molecule has 2 fully saturated rings. The average molecular weight is 452 g/mol. The van der Waals surface area contributed by atoms with E-state index in [1.807, 2.05) is 19.1 Å². The molecule has 0 aromatic rings. The van der Waals surface area contributed by atoms with Crippen LogP contribution in [0.25, 0.3) is 0 Å². The van der Waals surface area contributed by atoms with Crippen molar-refractivity contribution in [2.45, 2.75) is 32.7 Å². The molecule has 2 amide bonds. The number of carbonyl (C=O) groups is 3. The summed E-state index contributed by atoms with van der Waals surface area (Å²) in [5, 5.41) is 12.2. The summed E-state index contributed by atoms with van der Waals surface area (Å²) in [7, 11) is 0. The van der Waals surface area contributed by atoms with E-state index in [0.29, 0.717) is 39.1 Å². The molecule has 0 bridgehead atoms. The Hall–Kier alpha value is -1.97. The molecule has 0 aromatic heterocycles. The van der Waals surface area contributed by atoms with E-state index >= 15 is 0 Å². The van der Waals surface area contributed by atoms with Crippen molar-refractivity contribution in [2.24, 2.45) is 23.7 Å². The molecular formula is C23H37N3O6. The Bertz CT molecular complexity index is 693. The first kappa shape index (κ1) is 24.7. The number of amides is 2. The number of rotatable bonds is 10. The zero-order valence-corrected chi connectivity index (χ0v) is 19.2. The molecule has 2 heterocycles. The summed E-state index contributed by atoms with van der Waals surface area (Å²) in [5.41, 5.74) is 0. The minimum absolute atomic E-state index is 0.0354. The number of hydrogen-bond acceptors (Lipinski definition) is 7. The minimum Gasteiger partial charge on any atom is -0.466 e. The van der Waals surface area contributed by atoms with E-state index in [1.54, 1.807) is 11.8 Å². The predicted molar refractivity (Wildman–Crippen MR) is 117 cm³/mol. The van der Waals surface area contributed by atoms with E-state index in [4.69, 9.17) is 14.6 Å². The molecule has 0 unspecified atom stereocenters. The Balaban J connectivity index is 1.74. The number of nitrogens with one attached hydrogen (secondary N) is 1. The molecule has 2 aliphatic heterocycles. The number of carbonyl (C=O) groups excluding carboxylic acids is 3. The van der Waals surface area contributed by atoms with Crippen molar-refractivity contribution in [1.29, 1.82) is 0 Å². The van der Waals surface area contributed by atoms with E-state index in [1.165, 1.54) is 0 Å². The van der Waals surface area contributed by atoms with Crippen LogP contribution in [0.2, 0.25) is 0 Å². The summed E-state index contributed by atoms with van der Waals surface area (Å²) in [6.45, 7) is 8.64. The van der Waals surface area contributed by atoms with Gasteiger partial charge < -0.3 is 24.8 Å². The van der Waals surface area contributed by atoms with Gasteiger partial charge in [-0.05, 0) is 25.7 Å². The Morgan fingerprint density at radius 3 is 2.66 bits per heavy atom. The van der Waals surface area contributed by atoms with Crippen molar-refractivity contribution in [2.75, 3.05) is 59.2 Å². The highest BCUT2D eigenvalue weighted by atomic mass is 16.5. The number of likely N-dealkylation sites (tertiary alicyclic amines) is 1. The van der Waals surface area contributed by atoms with Crippen molar-refractivity contribution in [3.05, 3.63) is 12.2 Å². The number of aliphatic hydroxyl groups is 1. The Morgan fingerprint density at radius 1 is 1.22 bits per heavy atom. The first-order valence-corrected chi connectivity index (χ1v) is 11.8. The largest absolute Gasteiger partial charge is 0.466 e. The van der Waals surface area contributed by atoms with E-state index in [2.05, 4.69) is 10.2 Å². The monoisotopic (exact) mass is 451 g/mol. The summed E-state index contributed by atoms with van der Waals surface area (Å²) in [4.78, 5) is 43.3. The molecular weight excluding hydrogens is 414 g/mol. The van der Waals surface area contributed by atoms with Crippen LogP contribution in [0.1, 0.15) is 26.7 Å². The second-order valence-corrected chi connectivity index (χ2v) is 8.78. The molecule has 3 rings (SSSR count). The third-order valence-corrected chi connectivity index (χ3v) is 6.74. The van der Waals surface area contributed by atoms with Crippen LogP contribution in [-0.4, -0.2) is 97.9 Å². The number of hydrogen-bond donors (Lipinski definition) is 2. The summed E-state index contributed by atoms with van der Waals surface area (Å²) in [5.74, 6) is -2.44. The van der Waals surface area contributed by atoms with Gasteiger partial charge in [0.25, 0.3) is 0 Å². The van der Waals surface area contributed by atoms with Gasteiger partial charge in [-0.1, -0.05) is 19.1 Å². The van der Waals surface area contributed by atoms with Gasteiger partial charge >= 0.3 is 5.97 Å². The Morgan fingerprint density at radius 2 is 1.97 bits per heavy atom. The predicted octanol–water partition coefficient (Wildman–Crippen LogP) is 0.0357. The molecule has 2 N–H and O–H groups in total. The zero-order chi connectivity index (χ0) is 23.1. The lowest BCUT2D eigenvalue weighted by atomic mass is 9.70. The van der Waals surface area contributed by atoms with Gasteiger partial charge in [0.15, 0.2) is 0 Å². The van der Waals surface area contributed by atoms with Crippen LogP contribution < -0.4 is 5.32 Å². The lowest BCUT2D eigenvalue weighted by Gasteiger charge is -2.32. The third-order valence-electron chi connectivity index (χ3n) is 6.74. The van der Waals surface area contributed by atoms with Gasteiger partial charge in [-0.15, -0.1) is 0 Å². The number of ether oxygens (including phenoxy) is 2. The van der Waals surface area contributed by atoms with Gasteiger partial charge in [-0.3, -0.25) is 19.3 Å². The number of esters is 1. The number of aliphatic hydroxyl groups excluding tert-OH is 1. The number of unbranched alkanes of at least 4 members (excludes halogenated alkanes) is 1. The van der Waals surface area contributed by atoms with Crippen molar-refractivity contribution in [1.82, 2.24) is 15.1 Å². The highest BCUT2D eigenvalue weighted by molar-refractivity contribution is 5.96. The summed E-state index contributed by atoms with van der Waals surface area (Å²) < 4.78 is 10.6. The fourth-order valence-corrected chi connectivity index (χ4v) is 5.09. The maximum atomic E-state index is 13.5. The normalized spacial score (nSPS) is 30.3. The van der Waals surface area contributed by atoms with Crippen molar-refractivity contribution in [3.8, 4) is 0 Å². The second kappa shape index (κ2) is 11.8. The van der Waals surface area contributed by atoms with Crippen molar-refractivity contribution >= 4 is 17.8 Å². The topological polar surface area (TPSA) is 108 Å². The van der Waals surface area contributed by atoms with Crippen LogP contribution in [0, 0.1) is 23.7 Å². The smallest absolute Gasteiger partial charge is 0.310 e. The molecule has 0 spiro atoms. The molecule has 5 atom stereocenters. The number of morpholine rings is 1. The van der Waals surface area contributed by atoms with Gasteiger partial charge in [0.05, 0.1) is 31.7 Å². The van der Waals surface area contributed by atoms with Gasteiger partial charge in [-0.25, -0.2) is 0 Å². The Labute approximate surface area is 190 Å². The molecule has 2 saturated heterocycles. The molecule has 0 radical (unpaired) electrons. The van der Waals surface area contributed by atoms with Crippen LogP contribution in [0.3, 0.4) is 0 Å². The molecule has 1 aliphatic carbocycles. The number of allylic oxidation sites excluding steroid dienone is 1. The van der Waals surface area contributed by atoms with Crippen LogP contribution in [-0.2, 0) is 23.9 Å². The van der Waals surface area contributed by atoms with Gasteiger partial charge in [0, 0.05) is 45.2 Å². The van der Waals surface area contributed by atoms with Crippen LogP contribution >= 0.6 is 0 Å². The fourth-order valence-electron chi connectivity index (χ4n) is 5.09. The molecule has 180 valence electrons. The van der Waals surface area contributed by atoms with E-state index in [-0.39, 0.29) is 42.8 Å². The third kappa shape index (κ3) is 5.50. The maximum Gasteiger partial charge on any atom is 0.310 e. The minimum atomic E-state index is -0.656. The van der Waals surface area contributed by atoms with Gasteiger partial charge in [-0.2, -0.15) is 0 Å². The van der Waals surface area contributed by atoms with E-state index in [9.17, 15) is 14.4 Å². The molecule has 32 heavy (non-hydrogen) atoms. The van der Waals surface area contributed by atoms with Crippen LogP contribution in [0.15, 0.2) is 12.2 Å². The maximum absolute atomic E-state index is 13.5. The van der Waals surface area contributed by atoms with Crippen molar-refractivity contribution in [3.63, 3.8) is 0 Å². The lowest BCUT2D eigenvalue weighted by Crippen LogP contribution is -2.49. The van der Waals surface area contributed by atoms with Crippen LogP contribution in [0.5, 0.6) is 0 Å². The summed E-state index contributed by atoms with van der Waals surface area (Å²) in [6, 6.07) is -0.656. The molecule has 0 saturated carbocycles. The van der Waals surface area contributed by atoms with Gasteiger partial charge in [0.1, 0.15) is 6.04 Å². The number of fused-ring (bicyclic) bond motifs is 1. The molecule has 9 heteroatoms. The SMILES string of the molecule is CCOC(=O)[C@H]1[C@@H]2C(=O)N(CCCCO)[C@H](C(=O)NCCN3CCOCC3)[C@H]2C=C[C@H]1C. The van der Waals surface area contributed by atoms with Crippen LogP contribution in [0.4, 0.5) is 0 Å². The van der Waals surface area contributed by atoms with Gasteiger partial charge in [0.2, 0.25) is 11.8 Å². The fraction of sp³-hybridized carbons (Fsp3) is 0.783. The summed E-state index contributed by atoms with van der Waals surface area (Å²) >= 11 is 0. The number of nitrogens with zero attached hydrogens (tertiary/aromatic N) is 2. The highest BCUT2D eigenvalue weighted by Gasteiger charge is 2.56. The lowest BCUT2D eigenvalue weighted by molar-refractivity contribution is -0.155. The summed E-state index contributed by atoms with van der Waals surface area (Å²) in [6.07, 6.45) is 5.02. The Kier molecular flexibility index (Phi) is 9.07. The molecule has 0 aromatic carbocycles. The highest BCUT2D eigenvalue weighted by Crippen LogP contribution is 2.44. The first-order valence-electron chi connectivity index (χ1n) is 11.8. The quantitative estimate of drug-likeness (QED) is 0.274. The first-order chi connectivity index (χ1) is 15.5. The molecule has 9 nitrogen and oxygen atoms in total. The average Bonchev–Trinajstić information content (AvgIpc) is 3.06. The second-order valence-electron chi connectivity index (χ2n) is 8.78. The molecule has 3 aliphatic rings. The van der Waals surface area contributed by atoms with E-state index < -0.39 is 17.9 Å². The van der Waals surface area contributed by atoms with E-state index in [0.717, 1.165) is 19.6 Å². The zero-order valence-electron chi connectivity index (χ0n) is 19.2. The standard InChI is InChI=1S/C23H37N3O6/c1-3-32-23(30)18-16(2)6-7-17-19(18)22(29)26(9-4-5-13-27)20(17)21(28)24-8-10-25-11-14-31-15-12-25/h6-7,16-20,27H,3-5,8-15H2,1-2H3,(H,24,28)/t16-,17+,18-,19-,20+/m1/s1.